The molecule has 66 valence electrons. The van der Waals surface area contributed by atoms with Crippen molar-refractivity contribution in [1.82, 2.24) is 0 Å². The van der Waals surface area contributed by atoms with Gasteiger partial charge in [0.1, 0.15) is 0 Å². The van der Waals surface area contributed by atoms with Gasteiger partial charge in [0, 0.05) is 5.69 Å². The lowest BCUT2D eigenvalue weighted by molar-refractivity contribution is 1.68. The summed E-state index contributed by atoms with van der Waals surface area (Å²) in [6.45, 7) is 0. The summed E-state index contributed by atoms with van der Waals surface area (Å²) in [5, 5.41) is 2.78. The highest BCUT2D eigenvalue weighted by Gasteiger charge is 2.03. The van der Waals surface area contributed by atoms with Gasteiger partial charge >= 0.3 is 0 Å². The Labute approximate surface area is 85.8 Å². The van der Waals surface area contributed by atoms with E-state index in [0.29, 0.717) is 0 Å². The van der Waals surface area contributed by atoms with Crippen LogP contribution < -0.4 is 5.73 Å². The van der Waals surface area contributed by atoms with Crippen LogP contribution in [0.2, 0.25) is 5.02 Å². The fraction of sp³-hybridized carbons (Fsp3) is 0. The third kappa shape index (κ3) is 1.69. The Morgan fingerprint density at radius 3 is 2.31 bits per heavy atom. The van der Waals surface area contributed by atoms with E-state index in [9.17, 15) is 0 Å². The van der Waals surface area contributed by atoms with Gasteiger partial charge in [-0.25, -0.2) is 0 Å². The SMILES string of the molecule is Nc1ccc(-c2sccc2Cl)cc1. The first-order valence-corrected chi connectivity index (χ1v) is 5.12. The molecule has 2 aromatic rings. The number of nitrogens with two attached hydrogens (primary N) is 1. The van der Waals surface area contributed by atoms with Gasteiger partial charge < -0.3 is 5.73 Å². The molecule has 0 aliphatic heterocycles. The van der Waals surface area contributed by atoms with Crippen molar-refractivity contribution in [2.24, 2.45) is 0 Å². The number of nitrogen functional groups attached to an aromatic ring is 1. The summed E-state index contributed by atoms with van der Waals surface area (Å²) >= 11 is 7.63. The summed E-state index contributed by atoms with van der Waals surface area (Å²) in [4.78, 5) is 1.10. The summed E-state index contributed by atoms with van der Waals surface area (Å²) in [7, 11) is 0. The lowest BCUT2D eigenvalue weighted by Crippen LogP contribution is -1.82. The zero-order valence-electron chi connectivity index (χ0n) is 6.83. The second-order valence-electron chi connectivity index (χ2n) is 2.72. The highest BCUT2D eigenvalue weighted by atomic mass is 35.5. The maximum absolute atomic E-state index is 5.99. The monoisotopic (exact) mass is 209 g/mol. The lowest BCUT2D eigenvalue weighted by atomic mass is 10.2. The van der Waals surface area contributed by atoms with Gasteiger partial charge in [0.05, 0.1) is 9.90 Å². The van der Waals surface area contributed by atoms with Crippen LogP contribution in [0.15, 0.2) is 35.7 Å². The van der Waals surface area contributed by atoms with Gasteiger partial charge in [0.2, 0.25) is 0 Å². The fourth-order valence-electron chi connectivity index (χ4n) is 1.13. The van der Waals surface area contributed by atoms with Crippen LogP contribution in [-0.2, 0) is 0 Å². The Hall–Kier alpha value is -0.990. The Morgan fingerprint density at radius 2 is 1.77 bits per heavy atom. The van der Waals surface area contributed by atoms with E-state index in [4.69, 9.17) is 17.3 Å². The van der Waals surface area contributed by atoms with Crippen LogP contribution >= 0.6 is 22.9 Å². The molecule has 13 heavy (non-hydrogen) atoms. The van der Waals surface area contributed by atoms with E-state index in [1.54, 1.807) is 11.3 Å². The number of benzene rings is 1. The van der Waals surface area contributed by atoms with Crippen LogP contribution in [0.1, 0.15) is 0 Å². The fourth-order valence-corrected chi connectivity index (χ4v) is 2.31. The second-order valence-corrected chi connectivity index (χ2v) is 4.04. The third-order valence-electron chi connectivity index (χ3n) is 1.79. The Balaban J connectivity index is 2.47. The van der Waals surface area contributed by atoms with Gasteiger partial charge in [-0.05, 0) is 29.1 Å². The average molecular weight is 210 g/mol. The minimum Gasteiger partial charge on any atom is -0.399 e. The molecule has 0 aliphatic rings. The van der Waals surface area contributed by atoms with E-state index >= 15 is 0 Å². The minimum atomic E-state index is 0.774. The van der Waals surface area contributed by atoms with Crippen molar-refractivity contribution in [3.8, 4) is 10.4 Å². The molecule has 1 aromatic heterocycles. The molecule has 0 bridgehead atoms. The molecule has 0 aliphatic carbocycles. The predicted octanol–water partition coefficient (Wildman–Crippen LogP) is 3.65. The van der Waals surface area contributed by atoms with E-state index in [0.717, 1.165) is 21.2 Å². The topological polar surface area (TPSA) is 26.0 Å². The Bertz CT molecular complexity index is 405. The minimum absolute atomic E-state index is 0.774. The van der Waals surface area contributed by atoms with Crippen molar-refractivity contribution in [2.45, 2.75) is 0 Å². The molecule has 0 spiro atoms. The van der Waals surface area contributed by atoms with Crippen molar-refractivity contribution in [3.05, 3.63) is 40.7 Å². The lowest BCUT2D eigenvalue weighted by Gasteiger charge is -1.98. The molecule has 1 nitrogen and oxygen atoms in total. The maximum atomic E-state index is 5.99. The van der Waals surface area contributed by atoms with E-state index in [1.165, 1.54) is 0 Å². The van der Waals surface area contributed by atoms with Gasteiger partial charge in [-0.1, -0.05) is 23.7 Å². The van der Waals surface area contributed by atoms with Crippen LogP contribution in [0, 0.1) is 0 Å². The maximum Gasteiger partial charge on any atom is 0.0592 e. The zero-order chi connectivity index (χ0) is 9.26. The highest BCUT2D eigenvalue weighted by Crippen LogP contribution is 2.33. The molecule has 0 saturated heterocycles. The van der Waals surface area contributed by atoms with Gasteiger partial charge in [-0.3, -0.25) is 0 Å². The van der Waals surface area contributed by atoms with Gasteiger partial charge in [-0.2, -0.15) is 0 Å². The molecule has 0 atom stereocenters. The van der Waals surface area contributed by atoms with E-state index in [-0.39, 0.29) is 0 Å². The first-order valence-electron chi connectivity index (χ1n) is 3.86. The molecule has 0 amide bonds. The summed E-state index contributed by atoms with van der Waals surface area (Å²) in [5.74, 6) is 0. The van der Waals surface area contributed by atoms with Gasteiger partial charge in [0.15, 0.2) is 0 Å². The van der Waals surface area contributed by atoms with E-state index in [1.807, 2.05) is 35.7 Å². The third-order valence-corrected chi connectivity index (χ3v) is 3.18. The smallest absolute Gasteiger partial charge is 0.0592 e. The first kappa shape index (κ1) is 8.60. The summed E-state index contributed by atoms with van der Waals surface area (Å²) in [5.41, 5.74) is 7.48. The number of thiophene rings is 1. The standard InChI is InChI=1S/C10H8ClNS/c11-9-5-6-13-10(9)7-1-3-8(12)4-2-7/h1-6H,12H2. The Morgan fingerprint density at radius 1 is 1.08 bits per heavy atom. The summed E-state index contributed by atoms with van der Waals surface area (Å²) in [6.07, 6.45) is 0. The highest BCUT2D eigenvalue weighted by molar-refractivity contribution is 7.14. The number of halogens is 1. The predicted molar refractivity (Wildman–Crippen MR) is 59.2 cm³/mol. The van der Waals surface area contributed by atoms with Crippen LogP contribution in [0.4, 0.5) is 5.69 Å². The van der Waals surface area contributed by atoms with E-state index in [2.05, 4.69) is 0 Å². The molecule has 2 rings (SSSR count). The molecule has 0 fully saturated rings. The molecule has 3 heteroatoms. The first-order chi connectivity index (χ1) is 6.27. The van der Waals surface area contributed by atoms with Crippen molar-refractivity contribution in [1.29, 1.82) is 0 Å². The van der Waals surface area contributed by atoms with Crippen LogP contribution in [-0.4, -0.2) is 0 Å². The number of hydrogen-bond donors (Lipinski definition) is 1. The van der Waals surface area contributed by atoms with Gasteiger partial charge in [0.25, 0.3) is 0 Å². The number of anilines is 1. The zero-order valence-corrected chi connectivity index (χ0v) is 8.40. The van der Waals surface area contributed by atoms with E-state index < -0.39 is 0 Å². The van der Waals surface area contributed by atoms with Gasteiger partial charge in [-0.15, -0.1) is 11.3 Å². The van der Waals surface area contributed by atoms with Crippen LogP contribution in [0.25, 0.3) is 10.4 Å². The Kier molecular flexibility index (Phi) is 2.25. The molecule has 0 unspecified atom stereocenters. The quantitative estimate of drug-likeness (QED) is 0.713. The molecular formula is C10H8ClNS. The summed E-state index contributed by atoms with van der Waals surface area (Å²) in [6, 6.07) is 9.62. The normalized spacial score (nSPS) is 10.2. The number of rotatable bonds is 1. The molecule has 1 aromatic carbocycles. The summed E-state index contributed by atoms with van der Waals surface area (Å²) < 4.78 is 0. The largest absolute Gasteiger partial charge is 0.399 e. The number of hydrogen-bond acceptors (Lipinski definition) is 2. The van der Waals surface area contributed by atoms with Crippen molar-refractivity contribution < 1.29 is 0 Å². The van der Waals surface area contributed by atoms with Crippen LogP contribution in [0.5, 0.6) is 0 Å². The second kappa shape index (κ2) is 3.40. The molecule has 0 saturated carbocycles. The average Bonchev–Trinajstić information content (AvgIpc) is 2.53. The molecule has 0 radical (unpaired) electrons. The van der Waals surface area contributed by atoms with Crippen molar-refractivity contribution in [3.63, 3.8) is 0 Å². The molecule has 2 N–H and O–H groups in total. The molecule has 1 heterocycles. The van der Waals surface area contributed by atoms with Crippen molar-refractivity contribution in [2.75, 3.05) is 5.73 Å². The van der Waals surface area contributed by atoms with Crippen molar-refractivity contribution >= 4 is 28.6 Å². The van der Waals surface area contributed by atoms with Crippen LogP contribution in [0.3, 0.4) is 0 Å². The molecular weight excluding hydrogens is 202 g/mol.